The first-order valence-corrected chi connectivity index (χ1v) is 14.8. The van der Waals surface area contributed by atoms with Crippen LogP contribution in [0.2, 0.25) is 0 Å². The Morgan fingerprint density at radius 3 is 1.56 bits per heavy atom. The molecule has 2 aliphatic heterocycles. The summed E-state index contributed by atoms with van der Waals surface area (Å²) in [6, 6.07) is 37.6. The first-order chi connectivity index (χ1) is 17.7. The van der Waals surface area contributed by atoms with E-state index in [4.69, 9.17) is 21.3 Å². The zero-order valence-corrected chi connectivity index (χ0v) is 20.9. The quantitative estimate of drug-likeness (QED) is 0.217. The number of hydrogen-bond donors (Lipinski definition) is 0. The maximum Gasteiger partial charge on any atom is 0.144 e. The molecule has 0 aromatic heterocycles. The van der Waals surface area contributed by atoms with Gasteiger partial charge < -0.3 is 9.47 Å². The Hall–Kier alpha value is -3.91. The molecule has 2 nitrogen and oxygen atoms in total. The van der Waals surface area contributed by atoms with Crippen LogP contribution in [0.15, 0.2) is 115 Å². The highest BCUT2D eigenvalue weighted by Gasteiger charge is 2.43. The Labute approximate surface area is 213 Å². The fraction of sp³-hybridized carbons (Fsp3) is 0. The molecule has 0 atom stereocenters. The minimum absolute atomic E-state index is 0.803. The summed E-state index contributed by atoms with van der Waals surface area (Å²) in [5.74, 6) is 3.36. The summed E-state index contributed by atoms with van der Waals surface area (Å²) in [5, 5.41) is 7.67. The van der Waals surface area contributed by atoms with Crippen molar-refractivity contribution in [1.29, 1.82) is 0 Å². The van der Waals surface area contributed by atoms with Crippen molar-refractivity contribution in [3.63, 3.8) is 0 Å². The third-order valence-corrected chi connectivity index (χ3v) is 12.1. The normalized spacial score (nSPS) is 14.3. The molecule has 0 saturated heterocycles. The molecule has 0 N–H and O–H groups in total. The molecular formula is C32H19O2PS. The first kappa shape index (κ1) is 20.3. The highest BCUT2D eigenvalue weighted by atomic mass is 32.4. The molecule has 6 aromatic rings. The number of ether oxygens (including phenoxy) is 2. The van der Waals surface area contributed by atoms with Crippen molar-refractivity contribution in [3.05, 3.63) is 115 Å². The fourth-order valence-electron chi connectivity index (χ4n) is 5.61. The average Bonchev–Trinajstić information content (AvgIpc) is 2.93. The lowest BCUT2D eigenvalue weighted by molar-refractivity contribution is 0.472. The zero-order chi connectivity index (χ0) is 23.9. The van der Waals surface area contributed by atoms with Crippen molar-refractivity contribution in [1.82, 2.24) is 0 Å². The monoisotopic (exact) mass is 498 g/mol. The van der Waals surface area contributed by atoms with Crippen LogP contribution in [0.25, 0.3) is 32.7 Å². The van der Waals surface area contributed by atoms with Gasteiger partial charge in [0.25, 0.3) is 0 Å². The van der Waals surface area contributed by atoms with Gasteiger partial charge in [-0.05, 0) is 46.2 Å². The molecule has 0 radical (unpaired) electrons. The number of rotatable bonds is 1. The van der Waals surface area contributed by atoms with E-state index in [1.165, 1.54) is 0 Å². The van der Waals surface area contributed by atoms with Crippen LogP contribution in [0, 0.1) is 0 Å². The minimum atomic E-state index is -2.45. The molecule has 0 fully saturated rings. The molecule has 6 aromatic carbocycles. The minimum Gasteiger partial charge on any atom is -0.455 e. The predicted octanol–water partition coefficient (Wildman–Crippen LogP) is 7.63. The molecule has 36 heavy (non-hydrogen) atoms. The number of benzene rings is 6. The van der Waals surface area contributed by atoms with Crippen LogP contribution in [-0.4, -0.2) is 0 Å². The maximum absolute atomic E-state index is 6.80. The van der Waals surface area contributed by atoms with E-state index in [-0.39, 0.29) is 0 Å². The van der Waals surface area contributed by atoms with Gasteiger partial charge in [-0.1, -0.05) is 103 Å². The first-order valence-electron chi connectivity index (χ1n) is 12.0. The second-order valence-corrected chi connectivity index (χ2v) is 13.5. The van der Waals surface area contributed by atoms with Crippen molar-refractivity contribution in [3.8, 4) is 34.1 Å². The Morgan fingerprint density at radius 1 is 0.500 bits per heavy atom. The third-order valence-electron chi connectivity index (χ3n) is 7.28. The highest BCUT2D eigenvalue weighted by molar-refractivity contribution is 8.26. The molecule has 170 valence electrons. The van der Waals surface area contributed by atoms with Crippen LogP contribution in [-0.2, 0) is 11.8 Å². The van der Waals surface area contributed by atoms with Gasteiger partial charge in [-0.25, -0.2) is 0 Å². The molecule has 2 aliphatic rings. The lowest BCUT2D eigenvalue weighted by atomic mass is 10.0. The van der Waals surface area contributed by atoms with Crippen molar-refractivity contribution in [2.75, 3.05) is 0 Å². The third kappa shape index (κ3) is 2.65. The second-order valence-electron chi connectivity index (χ2n) is 9.27. The molecule has 0 unspecified atom stereocenters. The van der Waals surface area contributed by atoms with E-state index < -0.39 is 6.04 Å². The van der Waals surface area contributed by atoms with E-state index >= 15 is 0 Å². The molecule has 0 bridgehead atoms. The SMILES string of the molecule is S=P12c3ccc4ccccc4c3Oc3cc(-c4ccccc4)cc(c31)Oc1c2ccc2ccccc12. The van der Waals surface area contributed by atoms with Crippen LogP contribution >= 0.6 is 6.04 Å². The van der Waals surface area contributed by atoms with E-state index in [9.17, 15) is 0 Å². The van der Waals surface area contributed by atoms with E-state index in [1.807, 2.05) is 6.07 Å². The van der Waals surface area contributed by atoms with Gasteiger partial charge in [0.15, 0.2) is 0 Å². The van der Waals surface area contributed by atoms with Crippen molar-refractivity contribution < 1.29 is 9.47 Å². The molecule has 0 saturated carbocycles. The largest absolute Gasteiger partial charge is 0.455 e. The molecule has 8 rings (SSSR count). The van der Waals surface area contributed by atoms with Gasteiger partial charge in [-0.15, -0.1) is 0 Å². The Bertz CT molecular complexity index is 1810. The van der Waals surface area contributed by atoms with Crippen LogP contribution in [0.1, 0.15) is 0 Å². The highest BCUT2D eigenvalue weighted by Crippen LogP contribution is 2.60. The summed E-state index contributed by atoms with van der Waals surface area (Å²) >= 11 is 6.80. The summed E-state index contributed by atoms with van der Waals surface area (Å²) < 4.78 is 13.5. The molecule has 2 heterocycles. The van der Waals surface area contributed by atoms with Crippen LogP contribution in [0.4, 0.5) is 0 Å². The Balaban J connectivity index is 1.52. The van der Waals surface area contributed by atoms with Crippen molar-refractivity contribution >= 4 is 55.3 Å². The summed E-state index contributed by atoms with van der Waals surface area (Å²) in [7, 11) is 0. The smallest absolute Gasteiger partial charge is 0.144 e. The molecular weight excluding hydrogens is 479 g/mol. The second kappa shape index (κ2) is 7.30. The number of hydrogen-bond acceptors (Lipinski definition) is 3. The van der Waals surface area contributed by atoms with Crippen molar-refractivity contribution in [2.24, 2.45) is 0 Å². The van der Waals surface area contributed by atoms with Gasteiger partial charge in [-0.3, -0.25) is 0 Å². The van der Waals surface area contributed by atoms with E-state index in [1.54, 1.807) is 0 Å². The van der Waals surface area contributed by atoms with E-state index in [0.29, 0.717) is 0 Å². The zero-order valence-electron chi connectivity index (χ0n) is 19.1. The molecule has 4 heteroatoms. The van der Waals surface area contributed by atoms with Crippen LogP contribution < -0.4 is 25.4 Å². The summed E-state index contributed by atoms with van der Waals surface area (Å²) in [6.07, 6.45) is 0. The van der Waals surface area contributed by atoms with Gasteiger partial charge >= 0.3 is 0 Å². The van der Waals surface area contributed by atoms with Gasteiger partial charge in [0.05, 0.1) is 11.3 Å². The fourth-order valence-corrected chi connectivity index (χ4v) is 10.1. The maximum atomic E-state index is 6.80. The topological polar surface area (TPSA) is 18.5 Å². The summed E-state index contributed by atoms with van der Waals surface area (Å²) in [4.78, 5) is 0. The summed E-state index contributed by atoms with van der Waals surface area (Å²) in [5.41, 5.74) is 2.17. The molecule has 0 spiro atoms. The Kier molecular flexibility index (Phi) is 4.12. The average molecular weight is 499 g/mol. The summed E-state index contributed by atoms with van der Waals surface area (Å²) in [6.45, 7) is 0. The van der Waals surface area contributed by atoms with E-state index in [2.05, 4.69) is 109 Å². The van der Waals surface area contributed by atoms with E-state index in [0.717, 1.165) is 71.6 Å². The van der Waals surface area contributed by atoms with Gasteiger partial charge in [0, 0.05) is 21.4 Å². The lowest BCUT2D eigenvalue weighted by Gasteiger charge is -2.38. The molecule has 0 aliphatic carbocycles. The van der Waals surface area contributed by atoms with Crippen LogP contribution in [0.3, 0.4) is 0 Å². The lowest BCUT2D eigenvalue weighted by Crippen LogP contribution is -2.35. The van der Waals surface area contributed by atoms with Crippen LogP contribution in [0.5, 0.6) is 23.0 Å². The predicted molar refractivity (Wildman–Crippen MR) is 153 cm³/mol. The van der Waals surface area contributed by atoms with Gasteiger partial charge in [0.2, 0.25) is 0 Å². The van der Waals surface area contributed by atoms with Gasteiger partial charge in [-0.2, -0.15) is 0 Å². The number of fused-ring (bicyclic) bond motifs is 8. The van der Waals surface area contributed by atoms with Gasteiger partial charge in [0.1, 0.15) is 23.0 Å². The molecule has 0 amide bonds. The standard InChI is InChI=1S/C32H19O2PS/c36-35-28-16-14-21-10-4-6-12-24(21)30(28)33-26-18-23(20-8-2-1-3-9-20)19-27(32(26)35)34-31-25-13-7-5-11-22(25)15-17-29(31)35/h1-19H. The van der Waals surface area contributed by atoms with Crippen molar-refractivity contribution in [2.45, 2.75) is 0 Å². The Morgan fingerprint density at radius 2 is 1.00 bits per heavy atom.